The molecule has 1 aromatic carbocycles. The highest BCUT2D eigenvalue weighted by atomic mass is 79.9. The average molecular weight is 317 g/mol. The van der Waals surface area contributed by atoms with E-state index in [2.05, 4.69) is 15.9 Å². The lowest BCUT2D eigenvalue weighted by Gasteiger charge is -2.19. The van der Waals surface area contributed by atoms with E-state index in [0.29, 0.717) is 6.61 Å². The summed E-state index contributed by atoms with van der Waals surface area (Å²) < 4.78 is 16.9. The van der Waals surface area contributed by atoms with Crippen molar-refractivity contribution in [2.24, 2.45) is 0 Å². The van der Waals surface area contributed by atoms with Gasteiger partial charge in [0.25, 0.3) is 0 Å². The van der Waals surface area contributed by atoms with E-state index in [4.69, 9.17) is 14.2 Å². The maximum atomic E-state index is 9.20. The lowest BCUT2D eigenvalue weighted by molar-refractivity contribution is -0.205. The third-order valence-corrected chi connectivity index (χ3v) is 3.20. The maximum Gasteiger partial charge on any atom is 0.184 e. The van der Waals surface area contributed by atoms with Crippen LogP contribution >= 0.6 is 15.9 Å². The fourth-order valence-electron chi connectivity index (χ4n) is 1.94. The number of ether oxygens (including phenoxy) is 3. The molecule has 0 aliphatic carbocycles. The summed E-state index contributed by atoms with van der Waals surface area (Å²) in [5, 5.41) is 9.20. The third kappa shape index (κ3) is 3.52. The molecule has 2 heterocycles. The van der Waals surface area contributed by atoms with Gasteiger partial charge >= 0.3 is 0 Å². The predicted molar refractivity (Wildman–Crippen MR) is 69.9 cm³/mol. The summed E-state index contributed by atoms with van der Waals surface area (Å²) in [4.78, 5) is 0. The van der Waals surface area contributed by atoms with Crippen molar-refractivity contribution in [3.63, 3.8) is 0 Å². The van der Waals surface area contributed by atoms with Gasteiger partial charge in [0.1, 0.15) is 12.2 Å². The molecule has 0 aromatic heterocycles. The van der Waals surface area contributed by atoms with E-state index < -0.39 is 12.1 Å². The molecule has 2 unspecified atom stereocenters. The lowest BCUT2D eigenvalue weighted by atomic mass is 10.2. The fraction of sp³-hybridized carbons (Fsp3) is 0.538. The Balaban J connectivity index is 0.000000149. The van der Waals surface area contributed by atoms with Gasteiger partial charge in [-0.1, -0.05) is 34.1 Å². The Kier molecular flexibility index (Phi) is 4.40. The van der Waals surface area contributed by atoms with Crippen LogP contribution in [0.3, 0.4) is 0 Å². The molecule has 2 saturated heterocycles. The molecule has 100 valence electrons. The van der Waals surface area contributed by atoms with E-state index in [-0.39, 0.29) is 12.2 Å². The maximum absolute atomic E-state index is 9.20. The Labute approximate surface area is 115 Å². The van der Waals surface area contributed by atoms with Crippen LogP contribution in [0.25, 0.3) is 0 Å². The molecule has 1 aromatic rings. The predicted octanol–water partition coefficient (Wildman–Crippen LogP) is 2.30. The molecule has 0 amide bonds. The van der Waals surface area contributed by atoms with Crippen LogP contribution in [0.4, 0.5) is 0 Å². The van der Waals surface area contributed by atoms with E-state index >= 15 is 0 Å². The Hall–Kier alpha value is -0.460. The highest BCUT2D eigenvalue weighted by molar-refractivity contribution is 9.10. The van der Waals surface area contributed by atoms with Crippen LogP contribution in [0.5, 0.6) is 0 Å². The van der Waals surface area contributed by atoms with Crippen molar-refractivity contribution in [2.45, 2.75) is 38.1 Å². The molecule has 3 rings (SSSR count). The summed E-state index contributed by atoms with van der Waals surface area (Å²) >= 11 is 3.31. The topological polar surface area (TPSA) is 47.9 Å². The average Bonchev–Trinajstić information content (AvgIpc) is 2.78. The van der Waals surface area contributed by atoms with Gasteiger partial charge in [-0.2, -0.15) is 0 Å². The molecule has 5 heteroatoms. The van der Waals surface area contributed by atoms with E-state index in [9.17, 15) is 5.11 Å². The van der Waals surface area contributed by atoms with Crippen LogP contribution in [0, 0.1) is 0 Å². The second-order valence-electron chi connectivity index (χ2n) is 4.66. The summed E-state index contributed by atoms with van der Waals surface area (Å²) in [6.07, 6.45) is -1.22. The molecule has 0 spiro atoms. The minimum Gasteiger partial charge on any atom is -0.366 e. The Morgan fingerprint density at radius 3 is 2.39 bits per heavy atom. The summed E-state index contributed by atoms with van der Waals surface area (Å²) in [5.74, 6) is -0.569. The van der Waals surface area contributed by atoms with Crippen molar-refractivity contribution in [3.8, 4) is 0 Å². The van der Waals surface area contributed by atoms with Gasteiger partial charge < -0.3 is 19.3 Å². The fourth-order valence-corrected chi connectivity index (χ4v) is 2.24. The Morgan fingerprint density at radius 2 is 1.89 bits per heavy atom. The van der Waals surface area contributed by atoms with Crippen molar-refractivity contribution < 1.29 is 19.3 Å². The summed E-state index contributed by atoms with van der Waals surface area (Å²) in [5.41, 5.74) is 0. The van der Waals surface area contributed by atoms with Crippen LogP contribution in [0.2, 0.25) is 0 Å². The van der Waals surface area contributed by atoms with Gasteiger partial charge in [-0.25, -0.2) is 0 Å². The number of halogens is 1. The van der Waals surface area contributed by atoms with Crippen LogP contribution in [-0.4, -0.2) is 36.0 Å². The molecule has 2 aliphatic heterocycles. The first kappa shape index (κ1) is 14.0. The molecule has 2 fully saturated rings. The van der Waals surface area contributed by atoms with E-state index in [1.807, 2.05) is 44.2 Å². The molecule has 2 aliphatic rings. The molecule has 0 radical (unpaired) electrons. The zero-order valence-corrected chi connectivity index (χ0v) is 12.0. The van der Waals surface area contributed by atoms with Crippen molar-refractivity contribution >= 4 is 15.9 Å². The van der Waals surface area contributed by atoms with Crippen molar-refractivity contribution in [1.29, 1.82) is 0 Å². The SMILES string of the molecule is Brc1ccccc1.CC1(C)OC2COC(O)[C@H]2O1. The number of hydrogen-bond donors (Lipinski definition) is 1. The van der Waals surface area contributed by atoms with Gasteiger partial charge in [-0.3, -0.25) is 0 Å². The minimum absolute atomic E-state index is 0.0972. The largest absolute Gasteiger partial charge is 0.366 e. The lowest BCUT2D eigenvalue weighted by Crippen LogP contribution is -2.29. The molecule has 0 bridgehead atoms. The minimum atomic E-state index is -0.818. The Bertz CT molecular complexity index is 382. The standard InChI is InChI=1S/C7H12O4.C6H5Br/c1-7(2)10-4-3-9-6(8)5(4)11-7;7-6-4-2-1-3-5-6/h4-6,8H,3H2,1-2H3;1-5H/t4?,5-,6?;/m0./s1. The van der Waals surface area contributed by atoms with E-state index in [1.54, 1.807) is 0 Å². The summed E-state index contributed by atoms with van der Waals surface area (Å²) in [6, 6.07) is 9.97. The van der Waals surface area contributed by atoms with Gasteiger partial charge in [-0.15, -0.1) is 0 Å². The molecule has 18 heavy (non-hydrogen) atoms. The number of benzene rings is 1. The quantitative estimate of drug-likeness (QED) is 0.798. The number of aliphatic hydroxyl groups excluding tert-OH is 1. The van der Waals surface area contributed by atoms with Crippen LogP contribution in [-0.2, 0) is 14.2 Å². The number of aliphatic hydroxyl groups is 1. The normalized spacial score (nSPS) is 32.6. The first-order chi connectivity index (χ1) is 8.48. The van der Waals surface area contributed by atoms with Gasteiger partial charge in [0.2, 0.25) is 0 Å². The first-order valence-electron chi connectivity index (χ1n) is 5.84. The Morgan fingerprint density at radius 1 is 1.22 bits per heavy atom. The number of fused-ring (bicyclic) bond motifs is 1. The summed E-state index contributed by atoms with van der Waals surface area (Å²) in [7, 11) is 0. The molecule has 0 saturated carbocycles. The van der Waals surface area contributed by atoms with Gasteiger partial charge in [0.05, 0.1) is 6.61 Å². The molecule has 4 nitrogen and oxygen atoms in total. The van der Waals surface area contributed by atoms with Crippen LogP contribution < -0.4 is 0 Å². The van der Waals surface area contributed by atoms with Crippen LogP contribution in [0.15, 0.2) is 34.8 Å². The van der Waals surface area contributed by atoms with Crippen LogP contribution in [0.1, 0.15) is 13.8 Å². The number of hydrogen-bond acceptors (Lipinski definition) is 4. The highest BCUT2D eigenvalue weighted by Crippen LogP contribution is 2.33. The van der Waals surface area contributed by atoms with Gasteiger partial charge in [0, 0.05) is 4.47 Å². The molecular formula is C13H17BrO4. The second kappa shape index (κ2) is 5.67. The van der Waals surface area contributed by atoms with Crippen molar-refractivity contribution in [1.82, 2.24) is 0 Å². The van der Waals surface area contributed by atoms with E-state index in [1.165, 1.54) is 0 Å². The zero-order valence-electron chi connectivity index (χ0n) is 10.4. The monoisotopic (exact) mass is 316 g/mol. The van der Waals surface area contributed by atoms with Crippen molar-refractivity contribution in [2.75, 3.05) is 6.61 Å². The zero-order chi connectivity index (χ0) is 13.2. The molecular weight excluding hydrogens is 300 g/mol. The van der Waals surface area contributed by atoms with E-state index in [0.717, 1.165) is 4.47 Å². The summed E-state index contributed by atoms with van der Waals surface area (Å²) in [6.45, 7) is 4.09. The third-order valence-electron chi connectivity index (χ3n) is 2.67. The smallest absolute Gasteiger partial charge is 0.184 e. The first-order valence-corrected chi connectivity index (χ1v) is 6.63. The number of rotatable bonds is 0. The molecule has 3 atom stereocenters. The molecule has 1 N–H and O–H groups in total. The van der Waals surface area contributed by atoms with Gasteiger partial charge in [0.15, 0.2) is 12.1 Å². The second-order valence-corrected chi connectivity index (χ2v) is 5.57. The highest BCUT2D eigenvalue weighted by Gasteiger charge is 2.49. The van der Waals surface area contributed by atoms with Crippen molar-refractivity contribution in [3.05, 3.63) is 34.8 Å². The van der Waals surface area contributed by atoms with Gasteiger partial charge in [-0.05, 0) is 26.0 Å².